The number of aromatic nitrogens is 3. The lowest BCUT2D eigenvalue weighted by atomic mass is 9.92. The van der Waals surface area contributed by atoms with Crippen molar-refractivity contribution in [2.24, 2.45) is 0 Å². The molecule has 3 aromatic heterocycles. The van der Waals surface area contributed by atoms with Crippen molar-refractivity contribution in [1.29, 1.82) is 0 Å². The molecule has 5 aromatic rings. The van der Waals surface area contributed by atoms with Crippen molar-refractivity contribution in [2.75, 3.05) is 25.0 Å². The zero-order valence-electron chi connectivity index (χ0n) is 29.4. The second kappa shape index (κ2) is 15.6. The average molecular weight is 719 g/mol. The maximum Gasteiger partial charge on any atom is 0.262 e. The summed E-state index contributed by atoms with van der Waals surface area (Å²) in [4.78, 5) is 46.0. The smallest absolute Gasteiger partial charge is 0.262 e. The lowest BCUT2D eigenvalue weighted by Gasteiger charge is -2.17. The van der Waals surface area contributed by atoms with Crippen molar-refractivity contribution in [2.45, 2.75) is 64.7 Å². The molecule has 2 atom stereocenters. The third-order valence-electron chi connectivity index (χ3n) is 9.90. The van der Waals surface area contributed by atoms with Crippen LogP contribution in [0.25, 0.3) is 39.2 Å². The molecular formula is C40H43ClN8O3. The highest BCUT2D eigenvalue weighted by atomic mass is 35.5. The fourth-order valence-corrected chi connectivity index (χ4v) is 7.43. The largest absolute Gasteiger partial charge is 0.370 e. The molecule has 2 amide bonds. The molecule has 0 aliphatic carbocycles. The zero-order chi connectivity index (χ0) is 36.2. The van der Waals surface area contributed by atoms with E-state index in [1.54, 1.807) is 16.8 Å². The van der Waals surface area contributed by atoms with Crippen LogP contribution >= 0.6 is 11.6 Å². The van der Waals surface area contributed by atoms with E-state index < -0.39 is 0 Å². The van der Waals surface area contributed by atoms with E-state index in [9.17, 15) is 14.4 Å². The molecular weight excluding hydrogens is 676 g/mol. The summed E-state index contributed by atoms with van der Waals surface area (Å²) >= 11 is 7.20. The van der Waals surface area contributed by atoms with Gasteiger partial charge < -0.3 is 26.6 Å². The highest BCUT2D eigenvalue weighted by Gasteiger charge is 2.22. The van der Waals surface area contributed by atoms with Crippen LogP contribution in [0.4, 0.5) is 5.82 Å². The van der Waals surface area contributed by atoms with Crippen LogP contribution in [0.5, 0.6) is 0 Å². The van der Waals surface area contributed by atoms with E-state index in [0.717, 1.165) is 69.8 Å². The molecule has 11 nitrogen and oxygen atoms in total. The number of anilines is 1. The Balaban J connectivity index is 1.11. The molecule has 2 saturated heterocycles. The number of hydrogen-bond donors (Lipinski definition) is 5. The van der Waals surface area contributed by atoms with Gasteiger partial charge in [0, 0.05) is 92.3 Å². The van der Waals surface area contributed by atoms with Crippen LogP contribution in [0.2, 0.25) is 5.02 Å². The molecule has 2 fully saturated rings. The van der Waals surface area contributed by atoms with E-state index >= 15 is 0 Å². The number of carbonyl (C=O) groups is 2. The lowest BCUT2D eigenvalue weighted by Crippen LogP contribution is -2.36. The van der Waals surface area contributed by atoms with Crippen LogP contribution < -0.4 is 32.1 Å². The van der Waals surface area contributed by atoms with E-state index in [0.29, 0.717) is 55.3 Å². The quantitative estimate of drug-likeness (QED) is 0.112. The molecule has 2 unspecified atom stereocenters. The fraction of sp³-hybridized carbons (Fsp3) is 0.325. The van der Waals surface area contributed by atoms with Crippen LogP contribution in [-0.2, 0) is 22.7 Å². The molecule has 268 valence electrons. The van der Waals surface area contributed by atoms with Gasteiger partial charge in [0.1, 0.15) is 11.5 Å². The molecule has 5 N–H and O–H groups in total. The fourth-order valence-electron chi connectivity index (χ4n) is 7.10. The molecule has 0 radical (unpaired) electrons. The normalized spacial score (nSPS) is 17.1. The number of carbonyl (C=O) groups excluding carboxylic acids is 2. The van der Waals surface area contributed by atoms with Crippen molar-refractivity contribution in [3.05, 3.63) is 105 Å². The topological polar surface area (TPSA) is 142 Å². The Labute approximate surface area is 307 Å². The van der Waals surface area contributed by atoms with Gasteiger partial charge in [-0.3, -0.25) is 18.8 Å². The Morgan fingerprint density at radius 3 is 2.15 bits per heavy atom. The summed E-state index contributed by atoms with van der Waals surface area (Å²) < 4.78 is 1.57. The number of nitrogens with one attached hydrogen (secondary N) is 5. The van der Waals surface area contributed by atoms with E-state index in [1.165, 1.54) is 0 Å². The molecule has 12 heteroatoms. The number of nitrogens with zero attached hydrogens (tertiary/aromatic N) is 3. The van der Waals surface area contributed by atoms with Gasteiger partial charge in [0.25, 0.3) is 5.56 Å². The Morgan fingerprint density at radius 1 is 0.827 bits per heavy atom. The standard InChI is InChI=1S/C40H43ClN8O3/c1-3-44-39-26(19-42-22-28-11-14-36(50)46-28)10-13-34(48-39)33-9-5-8-32(38(33)41)31-7-4-6-30(24(31)2)25-16-17-49-35(18-25)45-21-27(40(49)52)20-43-23-29-12-15-37(51)47-29/h4-10,13,16-18,21,28-29,42-43H,3,11-12,14-15,19-20,22-23H2,1-2H3,(H,44,48)(H,46,50)(H,47,51). The van der Waals surface area contributed by atoms with Gasteiger partial charge in [0.15, 0.2) is 0 Å². The van der Waals surface area contributed by atoms with Gasteiger partial charge in [0.2, 0.25) is 11.8 Å². The van der Waals surface area contributed by atoms with Gasteiger partial charge in [-0.15, -0.1) is 0 Å². The van der Waals surface area contributed by atoms with E-state index in [-0.39, 0.29) is 29.5 Å². The van der Waals surface area contributed by atoms with Crippen molar-refractivity contribution in [3.63, 3.8) is 0 Å². The highest BCUT2D eigenvalue weighted by molar-refractivity contribution is 6.36. The van der Waals surface area contributed by atoms with Crippen molar-refractivity contribution in [1.82, 2.24) is 35.6 Å². The number of benzene rings is 2. The molecule has 0 spiro atoms. The predicted octanol–water partition coefficient (Wildman–Crippen LogP) is 5.22. The minimum absolute atomic E-state index is 0.0725. The van der Waals surface area contributed by atoms with Gasteiger partial charge in [-0.25, -0.2) is 9.97 Å². The molecule has 0 bridgehead atoms. The SMILES string of the molecule is CCNc1nc(-c2cccc(-c3cccc(-c4ccn5c(=O)c(CNCC6CCC(=O)N6)cnc5c4)c3C)c2Cl)ccc1CNCC1CCC(=O)N1. The summed E-state index contributed by atoms with van der Waals surface area (Å²) in [5.74, 6) is 0.987. The minimum atomic E-state index is -0.122. The van der Waals surface area contributed by atoms with Crippen LogP contribution in [0.15, 0.2) is 77.9 Å². The van der Waals surface area contributed by atoms with Gasteiger partial charge >= 0.3 is 0 Å². The van der Waals surface area contributed by atoms with Crippen molar-refractivity contribution in [3.8, 4) is 33.5 Å². The number of amides is 2. The molecule has 52 heavy (non-hydrogen) atoms. The number of hydrogen-bond acceptors (Lipinski definition) is 8. The van der Waals surface area contributed by atoms with Crippen LogP contribution in [0, 0.1) is 6.92 Å². The third kappa shape index (κ3) is 7.57. The highest BCUT2D eigenvalue weighted by Crippen LogP contribution is 2.40. The second-order valence-corrected chi connectivity index (χ2v) is 13.9. The molecule has 0 saturated carbocycles. The molecule has 5 heterocycles. The molecule has 2 aliphatic rings. The minimum Gasteiger partial charge on any atom is -0.370 e. The average Bonchev–Trinajstić information content (AvgIpc) is 3.77. The Morgan fingerprint density at radius 2 is 1.48 bits per heavy atom. The molecule has 2 aromatic carbocycles. The van der Waals surface area contributed by atoms with E-state index in [4.69, 9.17) is 16.6 Å². The van der Waals surface area contributed by atoms with Gasteiger partial charge in [-0.1, -0.05) is 54.1 Å². The van der Waals surface area contributed by atoms with Crippen LogP contribution in [-0.4, -0.2) is 57.9 Å². The number of halogens is 1. The summed E-state index contributed by atoms with van der Waals surface area (Å²) in [6, 6.07) is 20.4. The summed E-state index contributed by atoms with van der Waals surface area (Å²) in [6.45, 7) is 7.17. The van der Waals surface area contributed by atoms with Gasteiger partial charge in [-0.05, 0) is 67.1 Å². The third-order valence-corrected chi connectivity index (χ3v) is 10.3. The maximum atomic E-state index is 13.3. The Hall–Kier alpha value is -5.10. The van der Waals surface area contributed by atoms with Crippen molar-refractivity contribution >= 4 is 34.9 Å². The molecule has 7 rings (SSSR count). The summed E-state index contributed by atoms with van der Waals surface area (Å²) in [5, 5.41) is 16.7. The van der Waals surface area contributed by atoms with Crippen LogP contribution in [0.3, 0.4) is 0 Å². The van der Waals surface area contributed by atoms with E-state index in [1.807, 2.05) is 49.4 Å². The first-order valence-electron chi connectivity index (χ1n) is 17.9. The first kappa shape index (κ1) is 35.3. The monoisotopic (exact) mass is 718 g/mol. The van der Waals surface area contributed by atoms with Crippen LogP contribution in [0.1, 0.15) is 49.3 Å². The number of rotatable bonds is 13. The van der Waals surface area contributed by atoms with Gasteiger partial charge in [0.05, 0.1) is 10.7 Å². The Bertz CT molecular complexity index is 2200. The second-order valence-electron chi connectivity index (χ2n) is 13.5. The zero-order valence-corrected chi connectivity index (χ0v) is 30.1. The first-order valence-corrected chi connectivity index (χ1v) is 18.3. The number of pyridine rings is 2. The first-order chi connectivity index (χ1) is 25.3. The molecule has 2 aliphatic heterocycles. The number of fused-ring (bicyclic) bond motifs is 1. The van der Waals surface area contributed by atoms with Gasteiger partial charge in [-0.2, -0.15) is 0 Å². The maximum absolute atomic E-state index is 13.3. The predicted molar refractivity (Wildman–Crippen MR) is 205 cm³/mol. The van der Waals surface area contributed by atoms with E-state index in [2.05, 4.69) is 56.7 Å². The Kier molecular flexibility index (Phi) is 10.6. The summed E-state index contributed by atoms with van der Waals surface area (Å²) in [7, 11) is 0. The lowest BCUT2D eigenvalue weighted by molar-refractivity contribution is -0.120. The van der Waals surface area contributed by atoms with Crippen molar-refractivity contribution < 1.29 is 9.59 Å². The summed E-state index contributed by atoms with van der Waals surface area (Å²) in [6.07, 6.45) is 6.19. The summed E-state index contributed by atoms with van der Waals surface area (Å²) in [5.41, 5.74) is 8.57.